The third kappa shape index (κ3) is 8.17. The molecule has 1 aliphatic rings. The van der Waals surface area contributed by atoms with E-state index in [4.69, 9.17) is 4.74 Å². The van der Waals surface area contributed by atoms with Gasteiger partial charge in [0.25, 0.3) is 0 Å². The second-order valence-corrected chi connectivity index (χ2v) is 5.52. The highest BCUT2D eigenvalue weighted by atomic mass is 127. The van der Waals surface area contributed by atoms with Gasteiger partial charge >= 0.3 is 5.97 Å². The molecule has 1 N–H and O–H groups in total. The molecule has 0 amide bonds. The Morgan fingerprint density at radius 2 is 1.91 bits per heavy atom. The van der Waals surface area contributed by atoms with Gasteiger partial charge in [-0.05, 0) is 26.7 Å². The number of methoxy groups -OCH3 is 1. The maximum absolute atomic E-state index is 11.0. The number of nitrogens with zero attached hydrogens (tertiary/aromatic N) is 2. The second-order valence-electron chi connectivity index (χ2n) is 5.52. The molecule has 1 aliphatic heterocycles. The van der Waals surface area contributed by atoms with Gasteiger partial charge < -0.3 is 19.7 Å². The number of halogens is 1. The molecular weight excluding hydrogens is 397 g/mol. The van der Waals surface area contributed by atoms with Crippen LogP contribution < -0.4 is 5.32 Å². The van der Waals surface area contributed by atoms with Crippen LogP contribution in [-0.2, 0) is 14.3 Å². The van der Waals surface area contributed by atoms with Crippen molar-refractivity contribution >= 4 is 35.9 Å². The van der Waals surface area contributed by atoms with Crippen molar-refractivity contribution in [3.8, 4) is 0 Å². The van der Waals surface area contributed by atoms with Crippen molar-refractivity contribution in [3.05, 3.63) is 0 Å². The van der Waals surface area contributed by atoms with E-state index in [1.54, 1.807) is 0 Å². The van der Waals surface area contributed by atoms with E-state index in [0.29, 0.717) is 6.42 Å². The number of unbranched alkanes of at least 4 members (excludes halogenated alkanes) is 2. The van der Waals surface area contributed by atoms with Gasteiger partial charge in [-0.25, -0.2) is 0 Å². The number of carbonyl (C=O) groups is 1. The minimum Gasteiger partial charge on any atom is -0.469 e. The maximum Gasteiger partial charge on any atom is 0.305 e. The van der Waals surface area contributed by atoms with Crippen LogP contribution in [0.3, 0.4) is 0 Å². The first-order chi connectivity index (χ1) is 10.1. The van der Waals surface area contributed by atoms with Gasteiger partial charge in [0.2, 0.25) is 0 Å². The molecule has 130 valence electrons. The quantitative estimate of drug-likeness (QED) is 0.231. The molecular formula is C15H30IN3O3. The number of aliphatic imine (C=N–C) groups is 1. The van der Waals surface area contributed by atoms with E-state index in [9.17, 15) is 4.79 Å². The third-order valence-corrected chi connectivity index (χ3v) is 3.50. The van der Waals surface area contributed by atoms with Gasteiger partial charge in [-0.2, -0.15) is 0 Å². The molecule has 1 fully saturated rings. The molecule has 0 aromatic heterocycles. The summed E-state index contributed by atoms with van der Waals surface area (Å²) in [7, 11) is 3.24. The van der Waals surface area contributed by atoms with Gasteiger partial charge in [0, 0.05) is 33.1 Å². The average Bonchev–Trinajstić information content (AvgIpc) is 2.45. The molecule has 1 heterocycles. The zero-order valence-corrected chi connectivity index (χ0v) is 16.5. The van der Waals surface area contributed by atoms with Crippen molar-refractivity contribution in [1.82, 2.24) is 10.2 Å². The summed E-state index contributed by atoms with van der Waals surface area (Å²) < 4.78 is 10.4. The highest BCUT2D eigenvalue weighted by molar-refractivity contribution is 14.0. The van der Waals surface area contributed by atoms with Crippen LogP contribution in [0, 0.1) is 0 Å². The van der Waals surface area contributed by atoms with Crippen molar-refractivity contribution in [1.29, 1.82) is 0 Å². The normalized spacial score (nSPS) is 22.0. The van der Waals surface area contributed by atoms with Crippen LogP contribution >= 0.6 is 24.0 Å². The number of esters is 1. The van der Waals surface area contributed by atoms with Gasteiger partial charge in [0.1, 0.15) is 0 Å². The lowest BCUT2D eigenvalue weighted by atomic mass is 10.2. The van der Waals surface area contributed by atoms with E-state index >= 15 is 0 Å². The van der Waals surface area contributed by atoms with Gasteiger partial charge in [0.15, 0.2) is 5.96 Å². The molecule has 2 unspecified atom stereocenters. The predicted octanol–water partition coefficient (Wildman–Crippen LogP) is 2.02. The van der Waals surface area contributed by atoms with E-state index in [1.165, 1.54) is 7.11 Å². The minimum absolute atomic E-state index is 0. The molecule has 0 saturated carbocycles. The Hall–Kier alpha value is -0.570. The summed E-state index contributed by atoms with van der Waals surface area (Å²) in [5.41, 5.74) is 0. The molecule has 7 heteroatoms. The van der Waals surface area contributed by atoms with Crippen LogP contribution in [0.1, 0.15) is 39.5 Å². The lowest BCUT2D eigenvalue weighted by Crippen LogP contribution is -2.52. The molecule has 22 heavy (non-hydrogen) atoms. The number of guanidine groups is 1. The monoisotopic (exact) mass is 427 g/mol. The van der Waals surface area contributed by atoms with Crippen LogP contribution in [0.2, 0.25) is 0 Å². The Balaban J connectivity index is 0.00000441. The van der Waals surface area contributed by atoms with E-state index in [1.807, 2.05) is 7.05 Å². The lowest BCUT2D eigenvalue weighted by molar-refractivity contribution is -0.140. The molecule has 1 saturated heterocycles. The van der Waals surface area contributed by atoms with Gasteiger partial charge in [0.05, 0.1) is 19.3 Å². The Morgan fingerprint density at radius 1 is 1.27 bits per heavy atom. The Bertz CT molecular complexity index is 343. The number of morpholine rings is 1. The largest absolute Gasteiger partial charge is 0.469 e. The Morgan fingerprint density at radius 3 is 2.45 bits per heavy atom. The summed E-state index contributed by atoms with van der Waals surface area (Å²) in [6.07, 6.45) is 3.86. The lowest BCUT2D eigenvalue weighted by Gasteiger charge is -2.37. The fourth-order valence-corrected chi connectivity index (χ4v) is 2.56. The molecule has 1 rings (SSSR count). The minimum atomic E-state index is -0.130. The van der Waals surface area contributed by atoms with Crippen LogP contribution in [-0.4, -0.2) is 62.8 Å². The standard InChI is InChI=1S/C15H29N3O3.HI/c1-12-10-18(11-13(2)21-12)15(16-3)17-9-7-5-6-8-14(19)20-4;/h12-13H,5-11H2,1-4H3,(H,16,17);1H. The summed E-state index contributed by atoms with van der Waals surface area (Å²) in [4.78, 5) is 17.6. The molecule has 0 spiro atoms. The van der Waals surface area contributed by atoms with Crippen molar-refractivity contribution in [2.24, 2.45) is 4.99 Å². The summed E-state index contributed by atoms with van der Waals surface area (Å²) in [6.45, 7) is 6.78. The van der Waals surface area contributed by atoms with Crippen molar-refractivity contribution in [2.75, 3.05) is 33.8 Å². The molecule has 0 aromatic carbocycles. The Labute approximate surface area is 151 Å². The van der Waals surface area contributed by atoms with E-state index in [0.717, 1.165) is 44.9 Å². The first-order valence-electron chi connectivity index (χ1n) is 7.74. The number of ether oxygens (including phenoxy) is 2. The molecule has 0 aliphatic carbocycles. The van der Waals surface area contributed by atoms with E-state index in [2.05, 4.69) is 33.8 Å². The van der Waals surface area contributed by atoms with Gasteiger partial charge in [-0.1, -0.05) is 6.42 Å². The smallest absolute Gasteiger partial charge is 0.305 e. The molecule has 0 aromatic rings. The van der Waals surface area contributed by atoms with Crippen LogP contribution in [0.5, 0.6) is 0 Å². The summed E-state index contributed by atoms with van der Waals surface area (Å²) >= 11 is 0. The Kier molecular flexibility index (Phi) is 11.6. The van der Waals surface area contributed by atoms with Gasteiger partial charge in [-0.15, -0.1) is 24.0 Å². The molecule has 0 radical (unpaired) electrons. The van der Waals surface area contributed by atoms with Crippen LogP contribution in [0.4, 0.5) is 0 Å². The summed E-state index contributed by atoms with van der Waals surface area (Å²) in [5.74, 6) is 0.806. The predicted molar refractivity (Wildman–Crippen MR) is 98.8 cm³/mol. The van der Waals surface area contributed by atoms with Crippen LogP contribution in [0.25, 0.3) is 0 Å². The zero-order chi connectivity index (χ0) is 15.7. The number of rotatable bonds is 6. The fourth-order valence-electron chi connectivity index (χ4n) is 2.56. The van der Waals surface area contributed by atoms with Crippen molar-refractivity contribution in [2.45, 2.75) is 51.7 Å². The first kappa shape index (κ1) is 21.4. The second kappa shape index (κ2) is 11.9. The highest BCUT2D eigenvalue weighted by Gasteiger charge is 2.24. The average molecular weight is 427 g/mol. The highest BCUT2D eigenvalue weighted by Crippen LogP contribution is 2.10. The molecule has 2 atom stereocenters. The number of hydrogen-bond donors (Lipinski definition) is 1. The summed E-state index contributed by atoms with van der Waals surface area (Å²) in [6, 6.07) is 0. The topological polar surface area (TPSA) is 63.2 Å². The number of nitrogens with one attached hydrogen (secondary N) is 1. The zero-order valence-electron chi connectivity index (χ0n) is 14.1. The van der Waals surface area contributed by atoms with E-state index < -0.39 is 0 Å². The third-order valence-electron chi connectivity index (χ3n) is 3.50. The summed E-state index contributed by atoms with van der Waals surface area (Å²) in [5, 5.41) is 3.39. The first-order valence-corrected chi connectivity index (χ1v) is 7.74. The van der Waals surface area contributed by atoms with Crippen molar-refractivity contribution < 1.29 is 14.3 Å². The SMILES string of the molecule is CN=C(NCCCCCC(=O)OC)N1CC(C)OC(C)C1.I. The van der Waals surface area contributed by atoms with Crippen LogP contribution in [0.15, 0.2) is 4.99 Å². The van der Waals surface area contributed by atoms with Gasteiger partial charge in [-0.3, -0.25) is 9.79 Å². The molecule has 0 bridgehead atoms. The fraction of sp³-hybridized carbons (Fsp3) is 0.867. The molecule has 6 nitrogen and oxygen atoms in total. The number of hydrogen-bond acceptors (Lipinski definition) is 4. The number of carbonyl (C=O) groups excluding carboxylic acids is 1. The van der Waals surface area contributed by atoms with E-state index in [-0.39, 0.29) is 42.2 Å². The van der Waals surface area contributed by atoms with Crippen molar-refractivity contribution in [3.63, 3.8) is 0 Å². The maximum atomic E-state index is 11.0.